The summed E-state index contributed by atoms with van der Waals surface area (Å²) >= 11 is 0. The van der Waals surface area contributed by atoms with Gasteiger partial charge in [0, 0.05) is 19.3 Å². The number of allylic oxidation sites excluding steroid dienone is 20. The molecule has 0 aromatic rings. The average molecular weight is 1100 g/mol. The second kappa shape index (κ2) is 66.3. The topological polar surface area (TPSA) is 78.9 Å². The van der Waals surface area contributed by atoms with Gasteiger partial charge in [0.05, 0.1) is 0 Å². The number of hydrogen-bond donors (Lipinski definition) is 0. The largest absolute Gasteiger partial charge is 0.462 e. The second-order valence-electron chi connectivity index (χ2n) is 21.6. The van der Waals surface area contributed by atoms with E-state index in [9.17, 15) is 14.4 Å². The fourth-order valence-corrected chi connectivity index (χ4v) is 9.09. The maximum absolute atomic E-state index is 12.9. The van der Waals surface area contributed by atoms with Gasteiger partial charge >= 0.3 is 17.9 Å². The Morgan fingerprint density at radius 2 is 0.494 bits per heavy atom. The number of rotatable bonds is 59. The number of carbonyl (C=O) groups excluding carboxylic acids is 3. The van der Waals surface area contributed by atoms with Crippen LogP contribution in [-0.2, 0) is 28.6 Å². The standard InChI is InChI=1S/C73H122O6/c1-4-7-10-13-16-19-22-25-28-31-33-34-35-36-37-38-40-42-45-48-51-54-57-60-63-66-72(75)78-69-70(68-77-71(74)65-62-59-56-53-50-47-44-41-30-27-24-21-18-15-12-9-6-3)79-73(76)67-64-61-58-55-52-49-46-43-39-32-29-26-23-20-17-14-11-8-5-2/h7,9-10,12,16,18-19,21,25,27-28,30,33-34,36-37,40,42,48,51,70H,4-6,8,11,13-15,17,20,22-24,26,29,31-32,35,38-39,41,43-47,49-50,52-69H2,1-3H3/b10-7-,12-9-,19-16-,21-18-,28-25-,30-27-,34-33-,37-36-,42-40-,51-48-. The minimum atomic E-state index is -0.800. The molecule has 0 aromatic carbocycles. The molecule has 0 saturated carbocycles. The molecule has 0 spiro atoms. The molecule has 6 heteroatoms. The van der Waals surface area contributed by atoms with Gasteiger partial charge in [0.15, 0.2) is 6.10 Å². The van der Waals surface area contributed by atoms with Crippen molar-refractivity contribution in [3.05, 3.63) is 122 Å². The van der Waals surface area contributed by atoms with E-state index in [1.807, 2.05) is 0 Å². The zero-order valence-corrected chi connectivity index (χ0v) is 51.6. The molecular weight excluding hydrogens is 973 g/mol. The first-order valence-electron chi connectivity index (χ1n) is 33.0. The van der Waals surface area contributed by atoms with E-state index in [-0.39, 0.29) is 31.1 Å². The van der Waals surface area contributed by atoms with E-state index in [0.29, 0.717) is 19.3 Å². The van der Waals surface area contributed by atoms with Crippen LogP contribution in [0.2, 0.25) is 0 Å². The Hall–Kier alpha value is -4.19. The lowest BCUT2D eigenvalue weighted by Gasteiger charge is -2.18. The predicted molar refractivity (Wildman–Crippen MR) is 343 cm³/mol. The van der Waals surface area contributed by atoms with Gasteiger partial charge in [0.2, 0.25) is 0 Å². The summed E-state index contributed by atoms with van der Waals surface area (Å²) in [5.74, 6) is -0.927. The molecule has 0 N–H and O–H groups in total. The zero-order chi connectivity index (χ0) is 57.1. The van der Waals surface area contributed by atoms with Crippen LogP contribution in [0.25, 0.3) is 0 Å². The Kier molecular flexibility index (Phi) is 62.8. The molecule has 0 saturated heterocycles. The number of esters is 3. The predicted octanol–water partition coefficient (Wildman–Crippen LogP) is 22.8. The smallest absolute Gasteiger partial charge is 0.306 e. The van der Waals surface area contributed by atoms with Crippen molar-refractivity contribution in [3.8, 4) is 0 Å². The first-order chi connectivity index (χ1) is 39.0. The third-order valence-electron chi connectivity index (χ3n) is 14.0. The van der Waals surface area contributed by atoms with Gasteiger partial charge in [0.1, 0.15) is 13.2 Å². The highest BCUT2D eigenvalue weighted by Crippen LogP contribution is 2.17. The molecule has 0 aliphatic rings. The van der Waals surface area contributed by atoms with Gasteiger partial charge in [-0.1, -0.05) is 296 Å². The van der Waals surface area contributed by atoms with E-state index in [1.54, 1.807) is 0 Å². The second-order valence-corrected chi connectivity index (χ2v) is 21.6. The summed E-state index contributed by atoms with van der Waals surface area (Å²) in [7, 11) is 0. The van der Waals surface area contributed by atoms with Gasteiger partial charge in [0.25, 0.3) is 0 Å². The quantitative estimate of drug-likeness (QED) is 0.0261. The van der Waals surface area contributed by atoms with Crippen LogP contribution in [0.15, 0.2) is 122 Å². The summed E-state index contributed by atoms with van der Waals surface area (Å²) in [5, 5.41) is 0. The van der Waals surface area contributed by atoms with Crippen molar-refractivity contribution in [1.82, 2.24) is 0 Å². The van der Waals surface area contributed by atoms with Gasteiger partial charge in [-0.05, 0) is 109 Å². The molecule has 1 unspecified atom stereocenters. The molecular formula is C73H122O6. The maximum atomic E-state index is 12.9. The van der Waals surface area contributed by atoms with Crippen molar-refractivity contribution < 1.29 is 28.6 Å². The Morgan fingerprint density at radius 1 is 0.266 bits per heavy atom. The minimum absolute atomic E-state index is 0.0943. The van der Waals surface area contributed by atoms with E-state index in [1.165, 1.54) is 128 Å². The Balaban J connectivity index is 4.45. The van der Waals surface area contributed by atoms with Crippen LogP contribution >= 0.6 is 0 Å². The SMILES string of the molecule is CC/C=C\C/C=C\C/C=C\C/C=C\C/C=C\C/C=C\C/C=C\CCCCCC(=O)OCC(COC(=O)CCCCCCCCC/C=C\C/C=C\C/C=C\CC)OC(=O)CCCCCCCCCCCCCCCCCCCCC. The van der Waals surface area contributed by atoms with Gasteiger partial charge in [-0.25, -0.2) is 0 Å². The lowest BCUT2D eigenvalue weighted by Crippen LogP contribution is -2.30. The highest BCUT2D eigenvalue weighted by atomic mass is 16.6. The zero-order valence-electron chi connectivity index (χ0n) is 51.6. The first kappa shape index (κ1) is 74.8. The first-order valence-corrected chi connectivity index (χ1v) is 33.0. The fraction of sp³-hybridized carbons (Fsp3) is 0.685. The summed E-state index contributed by atoms with van der Waals surface area (Å²) < 4.78 is 16.9. The lowest BCUT2D eigenvalue weighted by atomic mass is 10.0. The average Bonchev–Trinajstić information content (AvgIpc) is 3.45. The fourth-order valence-electron chi connectivity index (χ4n) is 9.09. The Labute approximate surface area is 488 Å². The van der Waals surface area contributed by atoms with Crippen molar-refractivity contribution in [3.63, 3.8) is 0 Å². The Morgan fingerprint density at radius 3 is 0.785 bits per heavy atom. The minimum Gasteiger partial charge on any atom is -0.462 e. The monoisotopic (exact) mass is 1090 g/mol. The van der Waals surface area contributed by atoms with Crippen molar-refractivity contribution in [2.45, 2.75) is 309 Å². The van der Waals surface area contributed by atoms with Gasteiger partial charge in [-0.2, -0.15) is 0 Å². The van der Waals surface area contributed by atoms with Crippen LogP contribution in [0.1, 0.15) is 303 Å². The summed E-state index contributed by atoms with van der Waals surface area (Å²) in [5.41, 5.74) is 0. The van der Waals surface area contributed by atoms with Crippen LogP contribution in [0.3, 0.4) is 0 Å². The van der Waals surface area contributed by atoms with E-state index in [2.05, 4.69) is 142 Å². The van der Waals surface area contributed by atoms with Crippen LogP contribution in [0.5, 0.6) is 0 Å². The van der Waals surface area contributed by atoms with Gasteiger partial charge in [-0.3, -0.25) is 14.4 Å². The van der Waals surface area contributed by atoms with Crippen molar-refractivity contribution in [2.24, 2.45) is 0 Å². The van der Waals surface area contributed by atoms with Crippen LogP contribution in [-0.4, -0.2) is 37.2 Å². The molecule has 450 valence electrons. The summed E-state index contributed by atoms with van der Waals surface area (Å²) in [6.07, 6.45) is 92.0. The van der Waals surface area contributed by atoms with Crippen molar-refractivity contribution >= 4 is 17.9 Å². The summed E-state index contributed by atoms with van der Waals surface area (Å²) in [6, 6.07) is 0. The highest BCUT2D eigenvalue weighted by molar-refractivity contribution is 5.71. The molecule has 0 aliphatic carbocycles. The molecule has 0 amide bonds. The summed E-state index contributed by atoms with van der Waals surface area (Å²) in [6.45, 7) is 6.41. The molecule has 0 bridgehead atoms. The van der Waals surface area contributed by atoms with Crippen molar-refractivity contribution in [2.75, 3.05) is 13.2 Å². The summed E-state index contributed by atoms with van der Waals surface area (Å²) in [4.78, 5) is 38.4. The number of unbranched alkanes of at least 4 members (excludes halogenated alkanes) is 28. The Bertz CT molecular complexity index is 1640. The number of ether oxygens (including phenoxy) is 3. The molecule has 0 aliphatic heterocycles. The van der Waals surface area contributed by atoms with Gasteiger partial charge in [-0.15, -0.1) is 0 Å². The third-order valence-corrected chi connectivity index (χ3v) is 14.0. The normalized spacial score (nSPS) is 12.9. The van der Waals surface area contributed by atoms with E-state index < -0.39 is 6.10 Å². The van der Waals surface area contributed by atoms with E-state index in [0.717, 1.165) is 135 Å². The van der Waals surface area contributed by atoms with E-state index >= 15 is 0 Å². The molecule has 0 fully saturated rings. The molecule has 6 nitrogen and oxygen atoms in total. The number of carbonyl (C=O) groups is 3. The van der Waals surface area contributed by atoms with Crippen LogP contribution in [0, 0.1) is 0 Å². The van der Waals surface area contributed by atoms with Crippen LogP contribution in [0.4, 0.5) is 0 Å². The third kappa shape index (κ3) is 64.5. The maximum Gasteiger partial charge on any atom is 0.306 e. The molecule has 1 atom stereocenters. The van der Waals surface area contributed by atoms with Crippen LogP contribution < -0.4 is 0 Å². The lowest BCUT2D eigenvalue weighted by molar-refractivity contribution is -0.167. The highest BCUT2D eigenvalue weighted by Gasteiger charge is 2.19. The van der Waals surface area contributed by atoms with Gasteiger partial charge < -0.3 is 14.2 Å². The molecule has 0 radical (unpaired) electrons. The molecule has 0 aromatic heterocycles. The molecule has 0 heterocycles. The molecule has 0 rings (SSSR count). The van der Waals surface area contributed by atoms with E-state index in [4.69, 9.17) is 14.2 Å². The van der Waals surface area contributed by atoms with Crippen molar-refractivity contribution in [1.29, 1.82) is 0 Å². The molecule has 79 heavy (non-hydrogen) atoms. The number of hydrogen-bond acceptors (Lipinski definition) is 6.